The molecule has 0 radical (unpaired) electrons. The van der Waals surface area contributed by atoms with Crippen molar-refractivity contribution in [3.05, 3.63) is 29.8 Å². The number of hydrogen-bond donors (Lipinski definition) is 2. The molecule has 5 rings (SSSR count). The van der Waals surface area contributed by atoms with Crippen molar-refractivity contribution in [1.29, 1.82) is 0 Å². The van der Waals surface area contributed by atoms with Crippen LogP contribution in [0.25, 0.3) is 0 Å². The molecule has 0 saturated heterocycles. The SMILES string of the molecule is CC[C@H]1C(O)C2C(C(C)C[C@@]3(C)C2CC[C@@H]3[C@H](C)CCC(=O)NS(=O)(=O)c2ccc(C(F)(F)F)cc2)C2(C)CCCCC12. The predicted molar refractivity (Wildman–Crippen MR) is 160 cm³/mol. The minimum absolute atomic E-state index is 0.0279. The van der Waals surface area contributed by atoms with Crippen LogP contribution in [0.1, 0.15) is 104 Å². The van der Waals surface area contributed by atoms with E-state index >= 15 is 0 Å². The number of carbonyl (C=O) groups is 1. The summed E-state index contributed by atoms with van der Waals surface area (Å²) in [5.41, 5.74) is -0.610. The number of nitrogens with one attached hydrogen (secondary N) is 1. The molecule has 43 heavy (non-hydrogen) atoms. The Hall–Kier alpha value is -1.61. The topological polar surface area (TPSA) is 83.5 Å². The molecule has 7 unspecified atom stereocenters. The highest BCUT2D eigenvalue weighted by Gasteiger charge is 2.66. The van der Waals surface area contributed by atoms with Crippen molar-refractivity contribution in [2.24, 2.45) is 58.2 Å². The van der Waals surface area contributed by atoms with E-state index in [1.165, 1.54) is 25.7 Å². The zero-order valence-electron chi connectivity index (χ0n) is 26.3. The van der Waals surface area contributed by atoms with Gasteiger partial charge in [0.05, 0.1) is 16.6 Å². The van der Waals surface area contributed by atoms with Crippen molar-refractivity contribution in [1.82, 2.24) is 4.72 Å². The molecule has 0 aliphatic heterocycles. The van der Waals surface area contributed by atoms with Gasteiger partial charge in [-0.3, -0.25) is 4.79 Å². The lowest BCUT2D eigenvalue weighted by Crippen LogP contribution is -2.63. The molecule has 9 heteroatoms. The summed E-state index contributed by atoms with van der Waals surface area (Å²) in [7, 11) is -4.26. The van der Waals surface area contributed by atoms with Crippen LogP contribution in [0.15, 0.2) is 29.2 Å². The highest BCUT2D eigenvalue weighted by molar-refractivity contribution is 7.90. The van der Waals surface area contributed by atoms with Crippen molar-refractivity contribution in [2.75, 3.05) is 0 Å². The molecule has 0 bridgehead atoms. The van der Waals surface area contributed by atoms with E-state index in [0.29, 0.717) is 60.0 Å². The Morgan fingerprint density at radius 1 is 1.07 bits per heavy atom. The van der Waals surface area contributed by atoms with Crippen LogP contribution in [0.2, 0.25) is 0 Å². The molecule has 4 aliphatic rings. The largest absolute Gasteiger partial charge is 0.416 e. The van der Waals surface area contributed by atoms with Gasteiger partial charge >= 0.3 is 6.18 Å². The number of halogens is 3. The summed E-state index contributed by atoms with van der Waals surface area (Å²) in [4.78, 5) is 12.4. The Bertz CT molecular complexity index is 1280. The minimum atomic E-state index is -4.57. The molecule has 5 nitrogen and oxygen atoms in total. The van der Waals surface area contributed by atoms with E-state index in [-0.39, 0.29) is 34.2 Å². The average molecular weight is 626 g/mol. The summed E-state index contributed by atoms with van der Waals surface area (Å²) in [5.74, 6) is 2.66. The van der Waals surface area contributed by atoms with Gasteiger partial charge in [-0.15, -0.1) is 0 Å². The Balaban J connectivity index is 1.26. The summed E-state index contributed by atoms with van der Waals surface area (Å²) in [6.07, 6.45) is 5.05. The fourth-order valence-electron chi connectivity index (χ4n) is 11.3. The van der Waals surface area contributed by atoms with Crippen molar-refractivity contribution >= 4 is 15.9 Å². The Kier molecular flexibility index (Phi) is 8.87. The molecule has 0 heterocycles. The summed E-state index contributed by atoms with van der Waals surface area (Å²) in [5, 5.41) is 12.0. The van der Waals surface area contributed by atoms with E-state index in [1.807, 2.05) is 0 Å². The van der Waals surface area contributed by atoms with Gasteiger partial charge in [-0.2, -0.15) is 13.2 Å². The highest BCUT2D eigenvalue weighted by atomic mass is 32.2. The number of aliphatic hydroxyl groups excluding tert-OH is 1. The Morgan fingerprint density at radius 2 is 1.74 bits per heavy atom. The van der Waals surface area contributed by atoms with Gasteiger partial charge < -0.3 is 5.11 Å². The summed E-state index contributed by atoms with van der Waals surface area (Å²) >= 11 is 0. The van der Waals surface area contributed by atoms with E-state index in [2.05, 4.69) is 39.3 Å². The molecule has 0 aromatic heterocycles. The summed E-state index contributed by atoms with van der Waals surface area (Å²) in [6, 6.07) is 3.15. The molecule has 4 saturated carbocycles. The number of hydrogen-bond acceptors (Lipinski definition) is 4. The van der Waals surface area contributed by atoms with Crippen LogP contribution in [0.3, 0.4) is 0 Å². The smallest absolute Gasteiger partial charge is 0.393 e. The Morgan fingerprint density at radius 3 is 2.37 bits per heavy atom. The second-order valence-corrected chi connectivity index (χ2v) is 16.8. The molecule has 1 aromatic rings. The fourth-order valence-corrected chi connectivity index (χ4v) is 12.4. The normalized spacial score (nSPS) is 40.2. The molecule has 11 atom stereocenters. The lowest BCUT2D eigenvalue weighted by atomic mass is 9.39. The first-order chi connectivity index (χ1) is 20.0. The minimum Gasteiger partial charge on any atom is -0.393 e. The van der Waals surface area contributed by atoms with Crippen molar-refractivity contribution in [3.63, 3.8) is 0 Å². The van der Waals surface area contributed by atoms with Gasteiger partial charge in [0.2, 0.25) is 5.91 Å². The molecule has 242 valence electrons. The van der Waals surface area contributed by atoms with Crippen LogP contribution in [0, 0.1) is 58.2 Å². The van der Waals surface area contributed by atoms with E-state index in [9.17, 15) is 31.5 Å². The number of rotatable bonds is 7. The molecular formula is C34H50F3NO4S. The fraction of sp³-hybridized carbons (Fsp3) is 0.794. The van der Waals surface area contributed by atoms with E-state index < -0.39 is 27.7 Å². The first-order valence-corrected chi connectivity index (χ1v) is 17.9. The van der Waals surface area contributed by atoms with Gasteiger partial charge in [0, 0.05) is 6.42 Å². The maximum absolute atomic E-state index is 12.9. The third-order valence-corrected chi connectivity index (χ3v) is 14.3. The second kappa shape index (κ2) is 11.6. The number of carbonyl (C=O) groups excluding carboxylic acids is 1. The molecule has 0 spiro atoms. The molecule has 2 N–H and O–H groups in total. The number of amides is 1. The van der Waals surface area contributed by atoms with Crippen molar-refractivity contribution in [3.8, 4) is 0 Å². The third kappa shape index (κ3) is 5.68. The number of aliphatic hydroxyl groups is 1. The van der Waals surface area contributed by atoms with E-state index in [0.717, 1.165) is 37.8 Å². The van der Waals surface area contributed by atoms with Crippen LogP contribution in [-0.4, -0.2) is 25.5 Å². The summed E-state index contributed by atoms with van der Waals surface area (Å²) in [6.45, 7) is 11.8. The van der Waals surface area contributed by atoms with Crippen LogP contribution < -0.4 is 4.72 Å². The monoisotopic (exact) mass is 625 g/mol. The number of sulfonamides is 1. The van der Waals surface area contributed by atoms with Gasteiger partial charge in [-0.05, 0) is 121 Å². The van der Waals surface area contributed by atoms with Crippen molar-refractivity contribution in [2.45, 2.75) is 116 Å². The van der Waals surface area contributed by atoms with Crippen LogP contribution >= 0.6 is 0 Å². The third-order valence-electron chi connectivity index (χ3n) is 12.9. The quantitative estimate of drug-likeness (QED) is 0.324. The van der Waals surface area contributed by atoms with Crippen LogP contribution in [0.4, 0.5) is 13.2 Å². The lowest BCUT2D eigenvalue weighted by Gasteiger charge is -2.66. The maximum Gasteiger partial charge on any atom is 0.416 e. The molecule has 1 amide bonds. The number of fused-ring (bicyclic) bond motifs is 5. The van der Waals surface area contributed by atoms with Crippen LogP contribution in [0.5, 0.6) is 0 Å². The maximum atomic E-state index is 12.9. The first kappa shape index (κ1) is 32.8. The summed E-state index contributed by atoms with van der Waals surface area (Å²) < 4.78 is 66.0. The molecular weight excluding hydrogens is 575 g/mol. The second-order valence-electron chi connectivity index (χ2n) is 15.1. The number of alkyl halides is 3. The Labute approximate surface area is 255 Å². The predicted octanol–water partition coefficient (Wildman–Crippen LogP) is 7.83. The van der Waals surface area contributed by atoms with E-state index in [4.69, 9.17) is 0 Å². The molecule has 4 aliphatic carbocycles. The standard InChI is InChI=1S/C34H50F3NO4S/c1-6-24-26-9-7-8-18-32(26,4)30-21(3)19-33(5)25(15-16-27(33)29(30)31(24)40)20(2)10-17-28(39)38-43(41,42)23-13-11-22(12-14-23)34(35,36)37/h11-14,20-21,24-27,29-31,40H,6-10,15-19H2,1-5H3,(H,38,39)/t20-,21?,24-,25-,26?,27?,29?,30?,31?,32?,33-/m1/s1. The van der Waals surface area contributed by atoms with Gasteiger partial charge in [0.15, 0.2) is 0 Å². The number of benzene rings is 1. The lowest BCUT2D eigenvalue weighted by molar-refractivity contribution is -0.211. The highest BCUT2D eigenvalue weighted by Crippen LogP contribution is 2.70. The molecule has 4 fully saturated rings. The van der Waals surface area contributed by atoms with Gasteiger partial charge in [0.1, 0.15) is 0 Å². The van der Waals surface area contributed by atoms with Gasteiger partial charge in [-0.1, -0.05) is 53.9 Å². The first-order valence-electron chi connectivity index (χ1n) is 16.5. The molecule has 1 aromatic carbocycles. The zero-order chi connectivity index (χ0) is 31.5. The van der Waals surface area contributed by atoms with Gasteiger partial charge in [0.25, 0.3) is 10.0 Å². The average Bonchev–Trinajstić information content (AvgIpc) is 3.27. The van der Waals surface area contributed by atoms with Crippen LogP contribution in [-0.2, 0) is 21.0 Å². The zero-order valence-corrected chi connectivity index (χ0v) is 27.1. The van der Waals surface area contributed by atoms with Gasteiger partial charge in [-0.25, -0.2) is 13.1 Å². The van der Waals surface area contributed by atoms with E-state index in [1.54, 1.807) is 0 Å². The van der Waals surface area contributed by atoms with Crippen molar-refractivity contribution < 1.29 is 31.5 Å².